The molecule has 0 radical (unpaired) electrons. The second-order valence-electron chi connectivity index (χ2n) is 7.57. The van der Waals surface area contributed by atoms with Crippen LogP contribution in [-0.2, 0) is 14.4 Å². The number of rotatable bonds is 3. The number of H-pyrrole nitrogens is 1. The summed E-state index contributed by atoms with van der Waals surface area (Å²) in [4.78, 5) is 42.1. The zero-order valence-corrected chi connectivity index (χ0v) is 14.4. The first kappa shape index (κ1) is 15.4. The molecule has 6 heteroatoms. The number of allylic oxidation sites excluding steroid dienone is 2. The molecule has 1 aliphatic heterocycles. The van der Waals surface area contributed by atoms with Crippen molar-refractivity contribution >= 4 is 34.3 Å². The Balaban J connectivity index is 1.31. The van der Waals surface area contributed by atoms with E-state index in [-0.39, 0.29) is 47.9 Å². The zero-order chi connectivity index (χ0) is 18.0. The van der Waals surface area contributed by atoms with E-state index in [4.69, 9.17) is 0 Å². The number of nitrogens with zero attached hydrogens (tertiary/aromatic N) is 1. The van der Waals surface area contributed by atoms with Crippen molar-refractivity contribution in [3.05, 3.63) is 42.1 Å². The van der Waals surface area contributed by atoms with Crippen LogP contribution in [0.15, 0.2) is 36.4 Å². The standard InChI is InChI=1S/C20H19N3O3/c1-10-6-13-8-14(4-5-15(13)21-10)22-16(24)9-23-19(25)17-11-2-3-12(7-11)18(17)20(23)26/h2-6,8,11-12,17-18,21H,7,9H2,1H3,(H,22,24)/t11-,12-,17+,18+/m0/s1. The molecule has 2 N–H and O–H groups in total. The number of hydrogen-bond acceptors (Lipinski definition) is 3. The number of aromatic amines is 1. The fraction of sp³-hybridized carbons (Fsp3) is 0.350. The fourth-order valence-corrected chi connectivity index (χ4v) is 4.82. The average molecular weight is 349 g/mol. The molecule has 4 atom stereocenters. The van der Waals surface area contributed by atoms with Crippen molar-refractivity contribution in [3.8, 4) is 0 Å². The second-order valence-corrected chi connectivity index (χ2v) is 7.57. The van der Waals surface area contributed by atoms with Crippen LogP contribution < -0.4 is 5.32 Å². The Morgan fingerprint density at radius 2 is 1.85 bits per heavy atom. The third-order valence-electron chi connectivity index (χ3n) is 5.90. The van der Waals surface area contributed by atoms with Gasteiger partial charge in [0.25, 0.3) is 0 Å². The van der Waals surface area contributed by atoms with Crippen LogP contribution in [0.5, 0.6) is 0 Å². The summed E-state index contributed by atoms with van der Waals surface area (Å²) in [6.45, 7) is 1.76. The molecule has 26 heavy (non-hydrogen) atoms. The monoisotopic (exact) mass is 349 g/mol. The topological polar surface area (TPSA) is 82.3 Å². The number of anilines is 1. The first-order valence-corrected chi connectivity index (χ1v) is 8.94. The largest absolute Gasteiger partial charge is 0.359 e. The molecule has 5 rings (SSSR count). The fourth-order valence-electron chi connectivity index (χ4n) is 4.82. The lowest BCUT2D eigenvalue weighted by Gasteiger charge is -2.16. The van der Waals surface area contributed by atoms with Gasteiger partial charge in [-0.25, -0.2) is 0 Å². The van der Waals surface area contributed by atoms with E-state index < -0.39 is 0 Å². The summed E-state index contributed by atoms with van der Waals surface area (Å²) in [6.07, 6.45) is 4.99. The minimum atomic E-state index is -0.349. The van der Waals surface area contributed by atoms with Gasteiger partial charge in [0.1, 0.15) is 6.54 Å². The molecular formula is C20H19N3O3. The van der Waals surface area contributed by atoms with Crippen molar-refractivity contribution in [3.63, 3.8) is 0 Å². The number of imide groups is 1. The number of aromatic nitrogens is 1. The Labute approximate surface area is 150 Å². The summed E-state index contributed by atoms with van der Waals surface area (Å²) >= 11 is 0. The predicted molar refractivity (Wildman–Crippen MR) is 96.1 cm³/mol. The van der Waals surface area contributed by atoms with Gasteiger partial charge in [0, 0.05) is 22.3 Å². The summed E-state index contributed by atoms with van der Waals surface area (Å²) in [7, 11) is 0. The van der Waals surface area contributed by atoms with Crippen LogP contribution in [0.3, 0.4) is 0 Å². The molecule has 2 aromatic rings. The number of nitrogens with one attached hydrogen (secondary N) is 2. The van der Waals surface area contributed by atoms with Crippen LogP contribution in [0.2, 0.25) is 0 Å². The smallest absolute Gasteiger partial charge is 0.244 e. The highest BCUT2D eigenvalue weighted by Gasteiger charge is 2.59. The molecule has 0 spiro atoms. The van der Waals surface area contributed by atoms with Gasteiger partial charge in [-0.05, 0) is 49.4 Å². The third kappa shape index (κ3) is 2.14. The highest BCUT2D eigenvalue weighted by Crippen LogP contribution is 2.52. The molecule has 2 bridgehead atoms. The van der Waals surface area contributed by atoms with Crippen molar-refractivity contribution in [2.45, 2.75) is 13.3 Å². The van der Waals surface area contributed by atoms with E-state index in [0.717, 1.165) is 27.9 Å². The minimum absolute atomic E-state index is 0.161. The highest BCUT2D eigenvalue weighted by molar-refractivity contribution is 6.09. The summed E-state index contributed by atoms with van der Waals surface area (Å²) in [5.74, 6) is -0.928. The first-order chi connectivity index (χ1) is 12.5. The molecule has 0 unspecified atom stereocenters. The number of amides is 3. The SMILES string of the molecule is Cc1cc2cc(NC(=O)CN3C(=O)[C@H]4[C@H](C3=O)[C@H]3C=C[C@H]4C3)ccc2[nH]1. The van der Waals surface area contributed by atoms with Crippen LogP contribution in [-0.4, -0.2) is 34.2 Å². The van der Waals surface area contributed by atoms with E-state index in [2.05, 4.69) is 22.5 Å². The van der Waals surface area contributed by atoms with Crippen molar-refractivity contribution < 1.29 is 14.4 Å². The number of likely N-dealkylation sites (tertiary alicyclic amines) is 1. The Morgan fingerprint density at radius 3 is 2.54 bits per heavy atom. The van der Waals surface area contributed by atoms with Gasteiger partial charge in [-0.2, -0.15) is 0 Å². The molecule has 1 aromatic heterocycles. The first-order valence-electron chi connectivity index (χ1n) is 8.94. The van der Waals surface area contributed by atoms with E-state index in [9.17, 15) is 14.4 Å². The normalized spacial score (nSPS) is 29.0. The number of aryl methyl sites for hydroxylation is 1. The Kier molecular flexibility index (Phi) is 3.13. The molecule has 3 amide bonds. The van der Waals surface area contributed by atoms with E-state index in [1.165, 1.54) is 0 Å². The van der Waals surface area contributed by atoms with Crippen LogP contribution >= 0.6 is 0 Å². The lowest BCUT2D eigenvalue weighted by molar-refractivity contribution is -0.143. The van der Waals surface area contributed by atoms with Crippen molar-refractivity contribution in [2.75, 3.05) is 11.9 Å². The molecule has 2 aliphatic carbocycles. The summed E-state index contributed by atoms with van der Waals surface area (Å²) in [6, 6.07) is 7.59. The second kappa shape index (κ2) is 5.30. The maximum absolute atomic E-state index is 12.6. The third-order valence-corrected chi connectivity index (χ3v) is 5.90. The molecule has 1 saturated carbocycles. The molecule has 3 aliphatic rings. The maximum atomic E-state index is 12.6. The van der Waals surface area contributed by atoms with Gasteiger partial charge in [-0.15, -0.1) is 0 Å². The molecule has 6 nitrogen and oxygen atoms in total. The van der Waals surface area contributed by atoms with Gasteiger partial charge in [0.2, 0.25) is 17.7 Å². The van der Waals surface area contributed by atoms with Crippen molar-refractivity contribution in [1.29, 1.82) is 0 Å². The molecule has 2 fully saturated rings. The van der Waals surface area contributed by atoms with Gasteiger partial charge in [-0.1, -0.05) is 12.2 Å². The number of carbonyl (C=O) groups is 3. The predicted octanol–water partition coefficient (Wildman–Crippen LogP) is 2.22. The number of benzene rings is 1. The van der Waals surface area contributed by atoms with E-state index in [0.29, 0.717) is 5.69 Å². The Bertz CT molecular complexity index is 959. The average Bonchev–Trinajstić information content (AvgIpc) is 3.34. The van der Waals surface area contributed by atoms with Gasteiger partial charge < -0.3 is 10.3 Å². The molecule has 132 valence electrons. The van der Waals surface area contributed by atoms with Crippen molar-refractivity contribution in [2.24, 2.45) is 23.7 Å². The maximum Gasteiger partial charge on any atom is 0.244 e. The summed E-state index contributed by atoms with van der Waals surface area (Å²) < 4.78 is 0. The highest BCUT2D eigenvalue weighted by atomic mass is 16.2. The number of fused-ring (bicyclic) bond motifs is 6. The van der Waals surface area contributed by atoms with Crippen LogP contribution in [0.1, 0.15) is 12.1 Å². The molecular weight excluding hydrogens is 330 g/mol. The molecule has 1 saturated heterocycles. The lowest BCUT2D eigenvalue weighted by Crippen LogP contribution is -2.39. The van der Waals surface area contributed by atoms with Gasteiger partial charge in [0.05, 0.1) is 11.8 Å². The van der Waals surface area contributed by atoms with Crippen LogP contribution in [0.25, 0.3) is 10.9 Å². The van der Waals surface area contributed by atoms with Gasteiger partial charge in [-0.3, -0.25) is 19.3 Å². The molecule has 1 aromatic carbocycles. The minimum Gasteiger partial charge on any atom is -0.359 e. The van der Waals surface area contributed by atoms with Crippen LogP contribution in [0, 0.1) is 30.6 Å². The van der Waals surface area contributed by atoms with Crippen molar-refractivity contribution in [1.82, 2.24) is 9.88 Å². The van der Waals surface area contributed by atoms with Gasteiger partial charge >= 0.3 is 0 Å². The zero-order valence-electron chi connectivity index (χ0n) is 14.4. The Morgan fingerprint density at radius 1 is 1.15 bits per heavy atom. The van der Waals surface area contributed by atoms with Crippen LogP contribution in [0.4, 0.5) is 5.69 Å². The quantitative estimate of drug-likeness (QED) is 0.658. The summed E-state index contributed by atoms with van der Waals surface area (Å²) in [5, 5.41) is 3.81. The summed E-state index contributed by atoms with van der Waals surface area (Å²) in [5.41, 5.74) is 2.70. The lowest BCUT2D eigenvalue weighted by atomic mass is 9.85. The number of hydrogen-bond donors (Lipinski definition) is 2. The van der Waals surface area contributed by atoms with Gasteiger partial charge in [0.15, 0.2) is 0 Å². The molecule has 2 heterocycles. The Hall–Kier alpha value is -2.89. The van der Waals surface area contributed by atoms with E-state index in [1.807, 2.05) is 31.2 Å². The van der Waals surface area contributed by atoms with E-state index in [1.54, 1.807) is 0 Å². The van der Waals surface area contributed by atoms with E-state index >= 15 is 0 Å². The number of carbonyl (C=O) groups excluding carboxylic acids is 3.